The van der Waals surface area contributed by atoms with Crippen LogP contribution in [0.25, 0.3) is 0 Å². The van der Waals surface area contributed by atoms with Gasteiger partial charge in [0.15, 0.2) is 5.82 Å². The van der Waals surface area contributed by atoms with Crippen LogP contribution in [0.4, 0.5) is 5.82 Å². The van der Waals surface area contributed by atoms with E-state index in [2.05, 4.69) is 27.9 Å². The fourth-order valence-corrected chi connectivity index (χ4v) is 1.64. The second-order valence-corrected chi connectivity index (χ2v) is 4.46. The van der Waals surface area contributed by atoms with Crippen molar-refractivity contribution in [3.63, 3.8) is 0 Å². The maximum atomic E-state index is 11.6. The van der Waals surface area contributed by atoms with Gasteiger partial charge >= 0.3 is 0 Å². The van der Waals surface area contributed by atoms with E-state index in [-0.39, 0.29) is 12.5 Å². The average molecular weight is 259 g/mol. The number of carbonyl (C=O) groups excluding carboxylic acids is 1. The number of carbonyl (C=O) groups is 1. The Hall–Kier alpha value is -2.14. The molecule has 0 radical (unpaired) electrons. The second kappa shape index (κ2) is 6.15. The summed E-state index contributed by atoms with van der Waals surface area (Å²) in [5.74, 6) is 0.975. The summed E-state index contributed by atoms with van der Waals surface area (Å²) in [6.07, 6.45) is 0. The molecule has 2 N–H and O–H groups in total. The van der Waals surface area contributed by atoms with Crippen molar-refractivity contribution in [2.75, 3.05) is 11.9 Å². The van der Waals surface area contributed by atoms with Crippen LogP contribution in [0.15, 0.2) is 34.9 Å². The van der Waals surface area contributed by atoms with E-state index < -0.39 is 0 Å². The zero-order chi connectivity index (χ0) is 13.7. The normalized spacial score (nSPS) is 10.4. The standard InChI is InChI=1S/C14H17N3O2/c1-10-3-5-12(6-4-10)8-15-9-14(18)16-13-7-11(2)19-17-13/h3-7,15H,8-9H2,1-2H3,(H,16,17,18). The van der Waals surface area contributed by atoms with Crippen LogP contribution < -0.4 is 10.6 Å². The Balaban J connectivity index is 1.73. The highest BCUT2D eigenvalue weighted by Gasteiger charge is 2.05. The fraction of sp³-hybridized carbons (Fsp3) is 0.286. The van der Waals surface area contributed by atoms with E-state index in [0.29, 0.717) is 18.1 Å². The number of nitrogens with one attached hydrogen (secondary N) is 2. The number of hydrogen-bond acceptors (Lipinski definition) is 4. The first-order valence-electron chi connectivity index (χ1n) is 6.13. The Labute approximate surface area is 112 Å². The SMILES string of the molecule is Cc1ccc(CNCC(=O)Nc2cc(C)on2)cc1. The molecule has 2 rings (SSSR count). The molecule has 1 amide bonds. The number of aromatic nitrogens is 1. The average Bonchev–Trinajstić information content (AvgIpc) is 2.77. The highest BCUT2D eigenvalue weighted by molar-refractivity contribution is 5.91. The highest BCUT2D eigenvalue weighted by Crippen LogP contribution is 2.06. The molecule has 0 aliphatic heterocycles. The third-order valence-electron chi connectivity index (χ3n) is 2.63. The Morgan fingerprint density at radius 1 is 1.26 bits per heavy atom. The maximum Gasteiger partial charge on any atom is 0.239 e. The van der Waals surface area contributed by atoms with Gasteiger partial charge in [-0.2, -0.15) is 0 Å². The van der Waals surface area contributed by atoms with E-state index >= 15 is 0 Å². The largest absolute Gasteiger partial charge is 0.360 e. The summed E-state index contributed by atoms with van der Waals surface area (Å²) in [4.78, 5) is 11.6. The second-order valence-electron chi connectivity index (χ2n) is 4.46. The molecule has 1 aromatic carbocycles. The number of aryl methyl sites for hydroxylation is 2. The van der Waals surface area contributed by atoms with Crippen LogP contribution in [-0.4, -0.2) is 17.6 Å². The molecular weight excluding hydrogens is 242 g/mol. The van der Waals surface area contributed by atoms with Crippen molar-refractivity contribution in [1.29, 1.82) is 0 Å². The first-order chi connectivity index (χ1) is 9.13. The first-order valence-corrected chi connectivity index (χ1v) is 6.13. The molecule has 2 aromatic rings. The minimum absolute atomic E-state index is 0.139. The molecule has 0 atom stereocenters. The van der Waals surface area contributed by atoms with Gasteiger partial charge in [0.1, 0.15) is 5.76 Å². The molecule has 0 fully saturated rings. The molecule has 19 heavy (non-hydrogen) atoms. The van der Waals surface area contributed by atoms with Crippen molar-refractivity contribution in [1.82, 2.24) is 10.5 Å². The Morgan fingerprint density at radius 2 is 2.00 bits per heavy atom. The molecule has 100 valence electrons. The van der Waals surface area contributed by atoms with E-state index in [1.54, 1.807) is 13.0 Å². The molecule has 0 aliphatic rings. The van der Waals surface area contributed by atoms with Crippen molar-refractivity contribution in [3.8, 4) is 0 Å². The molecule has 0 bridgehead atoms. The van der Waals surface area contributed by atoms with Crippen LogP contribution in [0.1, 0.15) is 16.9 Å². The van der Waals surface area contributed by atoms with Gasteiger partial charge in [-0.15, -0.1) is 0 Å². The van der Waals surface area contributed by atoms with Crippen molar-refractivity contribution in [3.05, 3.63) is 47.2 Å². The minimum Gasteiger partial charge on any atom is -0.360 e. The van der Waals surface area contributed by atoms with Crippen LogP contribution in [0, 0.1) is 13.8 Å². The summed E-state index contributed by atoms with van der Waals surface area (Å²) in [5.41, 5.74) is 2.37. The van der Waals surface area contributed by atoms with Crippen molar-refractivity contribution < 1.29 is 9.32 Å². The van der Waals surface area contributed by atoms with Gasteiger partial charge in [0.25, 0.3) is 0 Å². The van der Waals surface area contributed by atoms with E-state index in [0.717, 1.165) is 5.56 Å². The fourth-order valence-electron chi connectivity index (χ4n) is 1.64. The third-order valence-corrected chi connectivity index (χ3v) is 2.63. The number of nitrogens with zero attached hydrogens (tertiary/aromatic N) is 1. The van der Waals surface area contributed by atoms with Gasteiger partial charge in [0.2, 0.25) is 5.91 Å². The Bertz CT molecular complexity index is 546. The lowest BCUT2D eigenvalue weighted by Gasteiger charge is -2.05. The number of benzene rings is 1. The van der Waals surface area contributed by atoms with E-state index in [4.69, 9.17) is 4.52 Å². The Morgan fingerprint density at radius 3 is 2.63 bits per heavy atom. The predicted octanol–water partition coefficient (Wildman–Crippen LogP) is 2.02. The first kappa shape index (κ1) is 13.3. The van der Waals surface area contributed by atoms with Gasteiger partial charge in [-0.25, -0.2) is 0 Å². The molecule has 0 saturated carbocycles. The van der Waals surface area contributed by atoms with Crippen LogP contribution in [0.3, 0.4) is 0 Å². The topological polar surface area (TPSA) is 67.2 Å². The molecular formula is C14H17N3O2. The molecule has 0 aliphatic carbocycles. The van der Waals surface area contributed by atoms with Crippen LogP contribution in [-0.2, 0) is 11.3 Å². The van der Waals surface area contributed by atoms with Crippen molar-refractivity contribution in [2.45, 2.75) is 20.4 Å². The lowest BCUT2D eigenvalue weighted by Crippen LogP contribution is -2.27. The van der Waals surface area contributed by atoms with Gasteiger partial charge in [0.05, 0.1) is 6.54 Å². The van der Waals surface area contributed by atoms with Gasteiger partial charge in [-0.05, 0) is 19.4 Å². The minimum atomic E-state index is -0.139. The van der Waals surface area contributed by atoms with Gasteiger partial charge in [-0.3, -0.25) is 4.79 Å². The zero-order valence-electron chi connectivity index (χ0n) is 11.1. The summed E-state index contributed by atoms with van der Waals surface area (Å²) in [5, 5.41) is 9.43. The van der Waals surface area contributed by atoms with Gasteiger partial charge in [0, 0.05) is 12.6 Å². The van der Waals surface area contributed by atoms with E-state index in [9.17, 15) is 4.79 Å². The summed E-state index contributed by atoms with van der Waals surface area (Å²) >= 11 is 0. The number of amides is 1. The number of hydrogen-bond donors (Lipinski definition) is 2. The van der Waals surface area contributed by atoms with Crippen LogP contribution in [0.2, 0.25) is 0 Å². The highest BCUT2D eigenvalue weighted by atomic mass is 16.5. The van der Waals surface area contributed by atoms with Crippen molar-refractivity contribution >= 4 is 11.7 Å². The van der Waals surface area contributed by atoms with Gasteiger partial charge < -0.3 is 15.2 Å². The predicted molar refractivity (Wildman–Crippen MR) is 72.8 cm³/mol. The summed E-state index contributed by atoms with van der Waals surface area (Å²) in [6.45, 7) is 4.72. The number of rotatable bonds is 5. The quantitative estimate of drug-likeness (QED) is 0.862. The maximum absolute atomic E-state index is 11.6. The molecule has 0 spiro atoms. The molecule has 1 heterocycles. The molecule has 1 aromatic heterocycles. The van der Waals surface area contributed by atoms with E-state index in [1.807, 2.05) is 19.1 Å². The zero-order valence-corrected chi connectivity index (χ0v) is 11.1. The van der Waals surface area contributed by atoms with Crippen LogP contribution >= 0.6 is 0 Å². The molecule has 0 unspecified atom stereocenters. The molecule has 5 heteroatoms. The summed E-state index contributed by atoms with van der Waals surface area (Å²) in [7, 11) is 0. The monoisotopic (exact) mass is 259 g/mol. The third kappa shape index (κ3) is 4.22. The Kier molecular flexibility index (Phi) is 4.30. The summed E-state index contributed by atoms with van der Waals surface area (Å²) < 4.78 is 4.87. The molecule has 0 saturated heterocycles. The number of anilines is 1. The summed E-state index contributed by atoms with van der Waals surface area (Å²) in [6, 6.07) is 9.87. The lowest BCUT2D eigenvalue weighted by atomic mass is 10.1. The van der Waals surface area contributed by atoms with E-state index in [1.165, 1.54) is 5.56 Å². The lowest BCUT2D eigenvalue weighted by molar-refractivity contribution is -0.115. The molecule has 5 nitrogen and oxygen atoms in total. The van der Waals surface area contributed by atoms with Crippen molar-refractivity contribution in [2.24, 2.45) is 0 Å². The van der Waals surface area contributed by atoms with Crippen LogP contribution in [0.5, 0.6) is 0 Å². The van der Waals surface area contributed by atoms with Gasteiger partial charge in [-0.1, -0.05) is 35.0 Å². The smallest absolute Gasteiger partial charge is 0.239 e.